The van der Waals surface area contributed by atoms with Crippen molar-refractivity contribution in [2.45, 2.75) is 39.2 Å². The lowest BCUT2D eigenvalue weighted by Crippen LogP contribution is -2.47. The van der Waals surface area contributed by atoms with E-state index in [1.54, 1.807) is 4.90 Å². The number of para-hydroxylation sites is 2. The lowest BCUT2D eigenvalue weighted by molar-refractivity contribution is 0.0675. The molecule has 1 heterocycles. The molecule has 1 aromatic rings. The Morgan fingerprint density at radius 3 is 2.77 bits per heavy atom. The van der Waals surface area contributed by atoms with Gasteiger partial charge in [-0.25, -0.2) is 4.79 Å². The van der Waals surface area contributed by atoms with Crippen molar-refractivity contribution in [1.82, 2.24) is 10.2 Å². The lowest BCUT2D eigenvalue weighted by Gasteiger charge is -2.31. The van der Waals surface area contributed by atoms with Gasteiger partial charge in [-0.15, -0.1) is 0 Å². The van der Waals surface area contributed by atoms with Gasteiger partial charge in [0.25, 0.3) is 0 Å². The molecule has 0 radical (unpaired) electrons. The fraction of sp³-hybridized carbons (Fsp3) is 0.588. The summed E-state index contributed by atoms with van der Waals surface area (Å²) < 4.78 is 11.6. The van der Waals surface area contributed by atoms with Crippen LogP contribution in [0.4, 0.5) is 4.79 Å². The first kappa shape index (κ1) is 16.5. The molecule has 1 aromatic carbocycles. The number of nitrogens with one attached hydrogen (secondary N) is 1. The SMILES string of the molecule is CCCCCNC(=O)N(CC)CC1COc2ccccc2O1. The summed E-state index contributed by atoms with van der Waals surface area (Å²) in [6, 6.07) is 7.60. The Balaban J connectivity index is 1.82. The Bertz CT molecular complexity index is 479. The third-order valence-corrected chi connectivity index (χ3v) is 3.72. The highest BCUT2D eigenvalue weighted by Crippen LogP contribution is 2.30. The summed E-state index contributed by atoms with van der Waals surface area (Å²) in [6.07, 6.45) is 3.19. The second-order valence-corrected chi connectivity index (χ2v) is 5.48. The molecule has 5 heteroatoms. The third-order valence-electron chi connectivity index (χ3n) is 3.72. The molecule has 0 fully saturated rings. The summed E-state index contributed by atoms with van der Waals surface area (Å²) in [6.45, 7) is 6.51. The predicted octanol–water partition coefficient (Wildman–Crippen LogP) is 3.05. The maximum atomic E-state index is 12.2. The number of fused-ring (bicyclic) bond motifs is 1. The molecule has 22 heavy (non-hydrogen) atoms. The second-order valence-electron chi connectivity index (χ2n) is 5.48. The molecular formula is C17H26N2O3. The van der Waals surface area contributed by atoms with Gasteiger partial charge in [-0.1, -0.05) is 31.9 Å². The van der Waals surface area contributed by atoms with E-state index in [2.05, 4.69) is 12.2 Å². The molecule has 1 unspecified atom stereocenters. The Labute approximate surface area is 132 Å². The first-order chi connectivity index (χ1) is 10.7. The van der Waals surface area contributed by atoms with Gasteiger partial charge in [0, 0.05) is 13.1 Å². The summed E-state index contributed by atoms with van der Waals surface area (Å²) >= 11 is 0. The van der Waals surface area contributed by atoms with Crippen molar-refractivity contribution in [3.05, 3.63) is 24.3 Å². The van der Waals surface area contributed by atoms with Crippen LogP contribution in [-0.4, -0.2) is 43.3 Å². The quantitative estimate of drug-likeness (QED) is 0.788. The smallest absolute Gasteiger partial charge is 0.317 e. The predicted molar refractivity (Wildman–Crippen MR) is 86.5 cm³/mol. The topological polar surface area (TPSA) is 50.8 Å². The molecular weight excluding hydrogens is 280 g/mol. The highest BCUT2D eigenvalue weighted by atomic mass is 16.6. The van der Waals surface area contributed by atoms with Crippen LogP contribution in [-0.2, 0) is 0 Å². The zero-order valence-corrected chi connectivity index (χ0v) is 13.5. The number of carbonyl (C=O) groups is 1. The molecule has 5 nitrogen and oxygen atoms in total. The number of likely N-dealkylation sites (N-methyl/N-ethyl adjacent to an activating group) is 1. The molecule has 0 aromatic heterocycles. The number of urea groups is 1. The third kappa shape index (κ3) is 4.55. The number of unbranched alkanes of at least 4 members (excludes halogenated alkanes) is 2. The van der Waals surface area contributed by atoms with Gasteiger partial charge < -0.3 is 19.7 Å². The summed E-state index contributed by atoms with van der Waals surface area (Å²) in [5.74, 6) is 1.52. The van der Waals surface area contributed by atoms with Crippen LogP contribution in [0.3, 0.4) is 0 Å². The molecule has 0 saturated heterocycles. The molecule has 2 amide bonds. The van der Waals surface area contributed by atoms with Gasteiger partial charge in [0.15, 0.2) is 17.6 Å². The van der Waals surface area contributed by atoms with Gasteiger partial charge in [-0.2, -0.15) is 0 Å². The minimum Gasteiger partial charge on any atom is -0.486 e. The van der Waals surface area contributed by atoms with E-state index >= 15 is 0 Å². The Morgan fingerprint density at radius 2 is 2.05 bits per heavy atom. The van der Waals surface area contributed by atoms with Crippen molar-refractivity contribution in [3.63, 3.8) is 0 Å². The van der Waals surface area contributed by atoms with Crippen LogP contribution in [0.1, 0.15) is 33.1 Å². The molecule has 1 aliphatic heterocycles. The van der Waals surface area contributed by atoms with Crippen molar-refractivity contribution in [2.24, 2.45) is 0 Å². The summed E-state index contributed by atoms with van der Waals surface area (Å²) in [5, 5.41) is 2.97. The van der Waals surface area contributed by atoms with E-state index in [9.17, 15) is 4.79 Å². The van der Waals surface area contributed by atoms with Crippen LogP contribution in [0.25, 0.3) is 0 Å². The van der Waals surface area contributed by atoms with Crippen LogP contribution in [0.15, 0.2) is 24.3 Å². The Morgan fingerprint density at radius 1 is 1.27 bits per heavy atom. The minimum atomic E-state index is -0.128. The number of hydrogen-bond acceptors (Lipinski definition) is 3. The Kier molecular flexibility index (Phi) is 6.37. The highest BCUT2D eigenvalue weighted by Gasteiger charge is 2.24. The van der Waals surface area contributed by atoms with Crippen LogP contribution in [0.2, 0.25) is 0 Å². The standard InChI is InChI=1S/C17H26N2O3/c1-3-5-8-11-18-17(20)19(4-2)12-14-13-21-15-9-6-7-10-16(15)22-14/h6-7,9-10,14H,3-5,8,11-13H2,1-2H3,(H,18,20). The summed E-state index contributed by atoms with van der Waals surface area (Å²) in [4.78, 5) is 13.9. The van der Waals surface area contributed by atoms with Gasteiger partial charge in [0.05, 0.1) is 6.54 Å². The normalized spacial score (nSPS) is 16.2. The number of hydrogen-bond donors (Lipinski definition) is 1. The lowest BCUT2D eigenvalue weighted by atomic mass is 10.2. The maximum absolute atomic E-state index is 12.2. The number of amides is 2. The minimum absolute atomic E-state index is 0.0268. The second kappa shape index (κ2) is 8.51. The first-order valence-electron chi connectivity index (χ1n) is 8.15. The van der Waals surface area contributed by atoms with Gasteiger partial charge in [-0.3, -0.25) is 0 Å². The van der Waals surface area contributed by atoms with E-state index in [1.807, 2.05) is 31.2 Å². The van der Waals surface area contributed by atoms with E-state index < -0.39 is 0 Å². The van der Waals surface area contributed by atoms with Crippen LogP contribution in [0, 0.1) is 0 Å². The van der Waals surface area contributed by atoms with Gasteiger partial charge >= 0.3 is 6.03 Å². The van der Waals surface area contributed by atoms with Gasteiger partial charge in [0.1, 0.15) is 6.61 Å². The number of ether oxygens (including phenoxy) is 2. The molecule has 0 aliphatic carbocycles. The fourth-order valence-corrected chi connectivity index (χ4v) is 2.44. The van der Waals surface area contributed by atoms with Crippen LogP contribution < -0.4 is 14.8 Å². The van der Waals surface area contributed by atoms with Gasteiger partial charge in [0.2, 0.25) is 0 Å². The zero-order valence-electron chi connectivity index (χ0n) is 13.5. The van der Waals surface area contributed by atoms with Crippen molar-refractivity contribution in [2.75, 3.05) is 26.2 Å². The molecule has 2 rings (SSSR count). The molecule has 1 N–H and O–H groups in total. The first-order valence-corrected chi connectivity index (χ1v) is 8.15. The average molecular weight is 306 g/mol. The number of benzene rings is 1. The summed E-state index contributed by atoms with van der Waals surface area (Å²) in [5.41, 5.74) is 0. The van der Waals surface area contributed by atoms with E-state index in [4.69, 9.17) is 9.47 Å². The fourth-order valence-electron chi connectivity index (χ4n) is 2.44. The molecule has 1 aliphatic rings. The molecule has 0 bridgehead atoms. The molecule has 1 atom stereocenters. The highest BCUT2D eigenvalue weighted by molar-refractivity contribution is 5.74. The molecule has 0 saturated carbocycles. The number of rotatable bonds is 7. The van der Waals surface area contributed by atoms with Crippen molar-refractivity contribution in [3.8, 4) is 11.5 Å². The van der Waals surface area contributed by atoms with Crippen molar-refractivity contribution < 1.29 is 14.3 Å². The van der Waals surface area contributed by atoms with E-state index in [0.29, 0.717) is 19.7 Å². The van der Waals surface area contributed by atoms with E-state index in [0.717, 1.165) is 37.3 Å². The molecule has 0 spiro atoms. The summed E-state index contributed by atoms with van der Waals surface area (Å²) in [7, 11) is 0. The van der Waals surface area contributed by atoms with Crippen molar-refractivity contribution in [1.29, 1.82) is 0 Å². The number of carbonyl (C=O) groups excluding carboxylic acids is 1. The monoisotopic (exact) mass is 306 g/mol. The van der Waals surface area contributed by atoms with Gasteiger partial charge in [-0.05, 0) is 25.5 Å². The number of nitrogens with zero attached hydrogens (tertiary/aromatic N) is 1. The van der Waals surface area contributed by atoms with Crippen LogP contribution >= 0.6 is 0 Å². The Hall–Kier alpha value is -1.91. The largest absolute Gasteiger partial charge is 0.486 e. The molecule has 122 valence electrons. The van der Waals surface area contributed by atoms with Crippen LogP contribution in [0.5, 0.6) is 11.5 Å². The van der Waals surface area contributed by atoms with E-state index in [-0.39, 0.29) is 12.1 Å². The van der Waals surface area contributed by atoms with E-state index in [1.165, 1.54) is 0 Å². The van der Waals surface area contributed by atoms with Crippen molar-refractivity contribution >= 4 is 6.03 Å². The zero-order chi connectivity index (χ0) is 15.8. The maximum Gasteiger partial charge on any atom is 0.317 e. The average Bonchev–Trinajstić information content (AvgIpc) is 2.56.